The van der Waals surface area contributed by atoms with Crippen LogP contribution in [-0.2, 0) is 6.54 Å². The van der Waals surface area contributed by atoms with Crippen LogP contribution in [0, 0.1) is 0 Å². The minimum Gasteiger partial charge on any atom is -0.313 e. The zero-order valence-corrected chi connectivity index (χ0v) is 12.0. The van der Waals surface area contributed by atoms with Gasteiger partial charge in [0.25, 0.3) is 0 Å². The molecule has 2 saturated carbocycles. The Morgan fingerprint density at radius 2 is 2.05 bits per heavy atom. The van der Waals surface area contributed by atoms with Crippen molar-refractivity contribution in [2.45, 2.75) is 69.6 Å². The Kier molecular flexibility index (Phi) is 3.44. The van der Waals surface area contributed by atoms with Crippen molar-refractivity contribution in [3.63, 3.8) is 0 Å². The van der Waals surface area contributed by atoms with E-state index in [-0.39, 0.29) is 0 Å². The lowest BCUT2D eigenvalue weighted by molar-refractivity contribution is 0.200. The molecule has 0 aromatic carbocycles. The van der Waals surface area contributed by atoms with Gasteiger partial charge in [0.2, 0.25) is 0 Å². The Bertz CT molecular complexity index is 444. The number of tetrazole rings is 1. The third kappa shape index (κ3) is 2.86. The van der Waals surface area contributed by atoms with E-state index in [1.807, 2.05) is 0 Å². The van der Waals surface area contributed by atoms with Crippen LogP contribution in [0.15, 0.2) is 0 Å². The lowest BCUT2D eigenvalue weighted by atomic mass is 10.0. The summed E-state index contributed by atoms with van der Waals surface area (Å²) in [5.41, 5.74) is 0. The van der Waals surface area contributed by atoms with E-state index in [9.17, 15) is 0 Å². The van der Waals surface area contributed by atoms with E-state index in [2.05, 4.69) is 30.4 Å². The summed E-state index contributed by atoms with van der Waals surface area (Å²) in [4.78, 5) is 2.60. The Hall–Kier alpha value is -1.01. The third-order valence-corrected chi connectivity index (χ3v) is 4.73. The SMILES string of the molecule is C1CCC(CN(Cc2nnnn2C2CC2)C2CC2)NC1. The molecular weight excluding hydrogens is 252 g/mol. The average molecular weight is 276 g/mol. The van der Waals surface area contributed by atoms with E-state index in [4.69, 9.17) is 0 Å². The summed E-state index contributed by atoms with van der Waals surface area (Å²) in [5.74, 6) is 1.07. The predicted octanol–water partition coefficient (Wildman–Crippen LogP) is 1.11. The quantitative estimate of drug-likeness (QED) is 0.843. The van der Waals surface area contributed by atoms with Crippen molar-refractivity contribution in [3.05, 3.63) is 5.82 Å². The lowest BCUT2D eigenvalue weighted by Crippen LogP contribution is -2.44. The second kappa shape index (κ2) is 5.41. The molecule has 0 spiro atoms. The fourth-order valence-corrected chi connectivity index (χ4v) is 3.25. The molecule has 3 aliphatic rings. The molecule has 4 rings (SSSR count). The fraction of sp³-hybridized carbons (Fsp3) is 0.929. The second-order valence-corrected chi connectivity index (χ2v) is 6.58. The highest BCUT2D eigenvalue weighted by atomic mass is 15.6. The van der Waals surface area contributed by atoms with E-state index in [0.29, 0.717) is 12.1 Å². The van der Waals surface area contributed by atoms with Gasteiger partial charge in [0.05, 0.1) is 12.6 Å². The van der Waals surface area contributed by atoms with Gasteiger partial charge in [-0.15, -0.1) is 5.10 Å². The molecule has 6 heteroatoms. The number of aromatic nitrogens is 4. The minimum atomic E-state index is 0.578. The van der Waals surface area contributed by atoms with Gasteiger partial charge in [0.1, 0.15) is 0 Å². The normalized spacial score (nSPS) is 27.1. The number of hydrogen-bond acceptors (Lipinski definition) is 5. The summed E-state index contributed by atoms with van der Waals surface area (Å²) in [6.07, 6.45) is 9.19. The zero-order chi connectivity index (χ0) is 13.4. The molecule has 1 aromatic heterocycles. The maximum absolute atomic E-state index is 4.26. The van der Waals surface area contributed by atoms with E-state index >= 15 is 0 Å². The summed E-state index contributed by atoms with van der Waals surface area (Å²) in [6.45, 7) is 3.26. The molecule has 2 heterocycles. The van der Waals surface area contributed by atoms with Crippen molar-refractivity contribution in [3.8, 4) is 0 Å². The van der Waals surface area contributed by atoms with Crippen LogP contribution in [0.1, 0.15) is 56.8 Å². The largest absolute Gasteiger partial charge is 0.313 e. The van der Waals surface area contributed by atoms with Crippen LogP contribution in [0.3, 0.4) is 0 Å². The molecule has 1 atom stereocenters. The first-order valence-electron chi connectivity index (χ1n) is 8.14. The summed E-state index contributed by atoms with van der Waals surface area (Å²) in [7, 11) is 0. The van der Waals surface area contributed by atoms with Gasteiger partial charge in [-0.1, -0.05) is 6.42 Å². The van der Waals surface area contributed by atoms with Crippen LogP contribution in [0.2, 0.25) is 0 Å². The molecule has 20 heavy (non-hydrogen) atoms. The van der Waals surface area contributed by atoms with Crippen LogP contribution in [0.4, 0.5) is 0 Å². The average Bonchev–Trinajstić information content (AvgIpc) is 3.39. The van der Waals surface area contributed by atoms with Crippen LogP contribution >= 0.6 is 0 Å². The molecule has 6 nitrogen and oxygen atoms in total. The maximum Gasteiger partial charge on any atom is 0.165 e. The van der Waals surface area contributed by atoms with Crippen molar-refractivity contribution in [2.75, 3.05) is 13.1 Å². The molecule has 0 bridgehead atoms. The van der Waals surface area contributed by atoms with Gasteiger partial charge in [0.15, 0.2) is 5.82 Å². The highest BCUT2D eigenvalue weighted by molar-refractivity contribution is 4.95. The minimum absolute atomic E-state index is 0.578. The van der Waals surface area contributed by atoms with E-state index in [0.717, 1.165) is 25.0 Å². The van der Waals surface area contributed by atoms with Gasteiger partial charge in [-0.25, -0.2) is 4.68 Å². The number of piperidine rings is 1. The molecule has 0 amide bonds. The van der Waals surface area contributed by atoms with Crippen molar-refractivity contribution in [2.24, 2.45) is 0 Å². The van der Waals surface area contributed by atoms with Crippen LogP contribution in [-0.4, -0.2) is 50.3 Å². The van der Waals surface area contributed by atoms with Gasteiger partial charge < -0.3 is 5.32 Å². The molecule has 1 aliphatic heterocycles. The van der Waals surface area contributed by atoms with Crippen LogP contribution in [0.25, 0.3) is 0 Å². The van der Waals surface area contributed by atoms with Crippen LogP contribution < -0.4 is 5.32 Å². The number of nitrogens with one attached hydrogen (secondary N) is 1. The summed E-state index contributed by atoms with van der Waals surface area (Å²) in [5, 5.41) is 16.0. The molecular formula is C14H24N6. The molecule has 2 aliphatic carbocycles. The molecule has 1 aromatic rings. The summed E-state index contributed by atoms with van der Waals surface area (Å²) >= 11 is 0. The van der Waals surface area contributed by atoms with Crippen molar-refractivity contribution in [1.29, 1.82) is 0 Å². The number of rotatable bonds is 6. The first kappa shape index (κ1) is 12.7. The second-order valence-electron chi connectivity index (χ2n) is 6.58. The molecule has 1 saturated heterocycles. The Labute approximate surface area is 119 Å². The smallest absolute Gasteiger partial charge is 0.165 e. The maximum atomic E-state index is 4.26. The highest BCUT2D eigenvalue weighted by Gasteiger charge is 2.34. The molecule has 3 fully saturated rings. The molecule has 110 valence electrons. The summed E-state index contributed by atoms with van der Waals surface area (Å²) in [6, 6.07) is 2.01. The molecule has 1 unspecified atom stereocenters. The molecule has 1 N–H and O–H groups in total. The van der Waals surface area contributed by atoms with E-state index < -0.39 is 0 Å². The number of hydrogen-bond donors (Lipinski definition) is 1. The van der Waals surface area contributed by atoms with Crippen molar-refractivity contribution >= 4 is 0 Å². The standard InChI is InChI=1S/C14H24N6/c1-2-8-15-11(3-1)9-19(12-4-5-12)10-14-16-17-18-20(14)13-6-7-13/h11-13,15H,1-10H2. The topological polar surface area (TPSA) is 58.9 Å². The van der Waals surface area contributed by atoms with Gasteiger partial charge in [-0.05, 0) is 55.5 Å². The van der Waals surface area contributed by atoms with E-state index in [1.165, 1.54) is 51.5 Å². The van der Waals surface area contributed by atoms with Gasteiger partial charge >= 0.3 is 0 Å². The van der Waals surface area contributed by atoms with Gasteiger partial charge in [-0.3, -0.25) is 4.90 Å². The lowest BCUT2D eigenvalue weighted by Gasteiger charge is -2.30. The third-order valence-electron chi connectivity index (χ3n) is 4.73. The first-order valence-corrected chi connectivity index (χ1v) is 8.14. The number of nitrogens with zero attached hydrogens (tertiary/aromatic N) is 5. The monoisotopic (exact) mass is 276 g/mol. The summed E-state index contributed by atoms with van der Waals surface area (Å²) < 4.78 is 2.06. The van der Waals surface area contributed by atoms with Crippen LogP contribution in [0.5, 0.6) is 0 Å². The highest BCUT2D eigenvalue weighted by Crippen LogP contribution is 2.35. The van der Waals surface area contributed by atoms with E-state index in [1.54, 1.807) is 0 Å². The fourth-order valence-electron chi connectivity index (χ4n) is 3.25. The molecule has 0 radical (unpaired) electrons. The first-order chi connectivity index (χ1) is 9.90. The van der Waals surface area contributed by atoms with Gasteiger partial charge in [0, 0.05) is 18.6 Å². The Morgan fingerprint density at radius 3 is 2.75 bits per heavy atom. The Morgan fingerprint density at radius 1 is 1.15 bits per heavy atom. The Balaban J connectivity index is 1.41. The zero-order valence-electron chi connectivity index (χ0n) is 12.0. The van der Waals surface area contributed by atoms with Crippen molar-refractivity contribution in [1.82, 2.24) is 30.4 Å². The van der Waals surface area contributed by atoms with Gasteiger partial charge in [-0.2, -0.15) is 0 Å². The predicted molar refractivity (Wildman–Crippen MR) is 75.2 cm³/mol. The van der Waals surface area contributed by atoms with Crippen molar-refractivity contribution < 1.29 is 0 Å².